The zero-order valence-corrected chi connectivity index (χ0v) is 26.9. The van der Waals surface area contributed by atoms with Crippen molar-refractivity contribution in [2.24, 2.45) is 11.3 Å². The quantitative estimate of drug-likeness (QED) is 0.308. The predicted molar refractivity (Wildman–Crippen MR) is 175 cm³/mol. The monoisotopic (exact) mass is 631 g/mol. The van der Waals surface area contributed by atoms with Gasteiger partial charge in [-0.05, 0) is 98.9 Å². The SMILES string of the molecule is O=C(N[C@H]1CC[C@@H](N[C@H](Cc2ccc(Cl)cc2)C(=O)N2CCC(Cn3cncn3)(C3CCCCC3)CC2)CC1)c1ccccn1. The van der Waals surface area contributed by atoms with Gasteiger partial charge in [0.25, 0.3) is 5.91 Å². The van der Waals surface area contributed by atoms with E-state index in [4.69, 9.17) is 11.6 Å². The number of carbonyl (C=O) groups excluding carboxylic acids is 2. The van der Waals surface area contributed by atoms with E-state index in [0.29, 0.717) is 23.1 Å². The molecule has 0 unspecified atom stereocenters. The van der Waals surface area contributed by atoms with E-state index in [9.17, 15) is 9.59 Å². The Kier molecular flexibility index (Phi) is 10.5. The van der Waals surface area contributed by atoms with Gasteiger partial charge in [-0.15, -0.1) is 0 Å². The van der Waals surface area contributed by atoms with Crippen molar-refractivity contribution in [3.05, 3.63) is 77.6 Å². The molecule has 2 N–H and O–H groups in total. The molecular formula is C35H46ClN7O2. The van der Waals surface area contributed by atoms with Gasteiger partial charge in [0.2, 0.25) is 5.91 Å². The second-order valence-corrected chi connectivity index (χ2v) is 13.8. The van der Waals surface area contributed by atoms with E-state index in [1.54, 1.807) is 18.6 Å². The molecule has 2 amide bonds. The van der Waals surface area contributed by atoms with Crippen molar-refractivity contribution < 1.29 is 9.59 Å². The average Bonchev–Trinajstić information content (AvgIpc) is 3.60. The van der Waals surface area contributed by atoms with Gasteiger partial charge in [0, 0.05) is 42.9 Å². The lowest BCUT2D eigenvalue weighted by molar-refractivity contribution is -0.137. The Hall–Kier alpha value is -3.30. The number of nitrogens with one attached hydrogen (secondary N) is 2. The molecule has 45 heavy (non-hydrogen) atoms. The molecule has 6 rings (SSSR count). The summed E-state index contributed by atoms with van der Waals surface area (Å²) < 4.78 is 2.01. The number of rotatable bonds is 10. The Morgan fingerprint density at radius 3 is 2.33 bits per heavy atom. The summed E-state index contributed by atoms with van der Waals surface area (Å²) in [7, 11) is 0. The molecule has 0 bridgehead atoms. The number of aromatic nitrogens is 4. The number of carbonyl (C=O) groups is 2. The molecule has 0 radical (unpaired) electrons. The van der Waals surface area contributed by atoms with Gasteiger partial charge in [0.05, 0.1) is 6.04 Å². The Morgan fingerprint density at radius 2 is 1.67 bits per heavy atom. The van der Waals surface area contributed by atoms with Crippen LogP contribution in [-0.4, -0.2) is 67.7 Å². The van der Waals surface area contributed by atoms with Crippen LogP contribution in [0.1, 0.15) is 86.7 Å². The van der Waals surface area contributed by atoms with Crippen molar-refractivity contribution in [1.29, 1.82) is 0 Å². The fourth-order valence-electron chi connectivity index (χ4n) is 7.96. The molecule has 1 aromatic carbocycles. The maximum absolute atomic E-state index is 14.3. The van der Waals surface area contributed by atoms with Crippen LogP contribution >= 0.6 is 11.6 Å². The van der Waals surface area contributed by atoms with Crippen molar-refractivity contribution >= 4 is 23.4 Å². The molecule has 0 spiro atoms. The molecule has 2 aliphatic carbocycles. The molecule has 3 aromatic rings. The van der Waals surface area contributed by atoms with Crippen molar-refractivity contribution in [3.63, 3.8) is 0 Å². The maximum Gasteiger partial charge on any atom is 0.270 e. The Morgan fingerprint density at radius 1 is 0.933 bits per heavy atom. The lowest BCUT2D eigenvalue weighted by Gasteiger charge is -2.48. The highest BCUT2D eigenvalue weighted by Gasteiger charge is 2.44. The minimum Gasteiger partial charge on any atom is -0.348 e. The van der Waals surface area contributed by atoms with Crippen LogP contribution < -0.4 is 10.6 Å². The Labute approximate surface area is 271 Å². The molecule has 1 atom stereocenters. The van der Waals surface area contributed by atoms with Crippen molar-refractivity contribution in [2.75, 3.05) is 13.1 Å². The number of likely N-dealkylation sites (tertiary alicyclic amines) is 1. The number of halogens is 1. The number of hydrogen-bond donors (Lipinski definition) is 2. The molecule has 3 heterocycles. The third-order valence-corrected chi connectivity index (χ3v) is 10.8. The van der Waals surface area contributed by atoms with Gasteiger partial charge >= 0.3 is 0 Å². The summed E-state index contributed by atoms with van der Waals surface area (Å²) in [5.74, 6) is 0.735. The van der Waals surface area contributed by atoms with Crippen LogP contribution in [0.4, 0.5) is 0 Å². The first-order valence-corrected chi connectivity index (χ1v) is 17.2. The molecule has 9 nitrogen and oxygen atoms in total. The van der Waals surface area contributed by atoms with E-state index in [0.717, 1.165) is 63.7 Å². The molecule has 240 valence electrons. The number of nitrogens with zero attached hydrogens (tertiary/aromatic N) is 5. The van der Waals surface area contributed by atoms with Gasteiger partial charge in [0.1, 0.15) is 18.3 Å². The normalized spacial score (nSPS) is 22.9. The largest absolute Gasteiger partial charge is 0.348 e. The molecular weight excluding hydrogens is 586 g/mol. The highest BCUT2D eigenvalue weighted by molar-refractivity contribution is 6.30. The zero-order chi connectivity index (χ0) is 31.1. The summed E-state index contributed by atoms with van der Waals surface area (Å²) in [5, 5.41) is 12.1. The van der Waals surface area contributed by atoms with Crippen LogP contribution in [0.3, 0.4) is 0 Å². The third-order valence-electron chi connectivity index (χ3n) is 10.5. The standard InChI is InChI=1S/C35H46ClN7O2/c36-28-11-9-26(10-12-28)22-32(40-29-13-15-30(16-14-29)41-33(44)31-8-4-5-19-38-31)34(45)42-20-17-35(18-21-42,23-43-25-37-24-39-43)27-6-2-1-3-7-27/h4-5,8-12,19,24-25,27,29-30,32,40H,1-3,6-7,13-18,20-23H2,(H,41,44)/t29-,30+,32-/m1/s1. The minimum atomic E-state index is -0.312. The average molecular weight is 632 g/mol. The fraction of sp³-hybridized carbons (Fsp3) is 0.571. The maximum atomic E-state index is 14.3. The first-order valence-electron chi connectivity index (χ1n) is 16.8. The second-order valence-electron chi connectivity index (χ2n) is 13.4. The van der Waals surface area contributed by atoms with Crippen LogP contribution in [-0.2, 0) is 17.8 Å². The highest BCUT2D eigenvalue weighted by Crippen LogP contribution is 2.47. The van der Waals surface area contributed by atoms with E-state index in [-0.39, 0.29) is 35.4 Å². The summed E-state index contributed by atoms with van der Waals surface area (Å²) >= 11 is 6.18. The van der Waals surface area contributed by atoms with Gasteiger partial charge in [-0.25, -0.2) is 4.98 Å². The first kappa shape index (κ1) is 31.7. The van der Waals surface area contributed by atoms with Crippen LogP contribution in [0.25, 0.3) is 0 Å². The molecule has 3 fully saturated rings. The lowest BCUT2D eigenvalue weighted by Crippen LogP contribution is -2.56. The van der Waals surface area contributed by atoms with Gasteiger partial charge in [0.15, 0.2) is 0 Å². The number of pyridine rings is 1. The summed E-state index contributed by atoms with van der Waals surface area (Å²) in [5.41, 5.74) is 1.70. The van der Waals surface area contributed by atoms with E-state index < -0.39 is 0 Å². The molecule has 10 heteroatoms. The second kappa shape index (κ2) is 14.9. The summed E-state index contributed by atoms with van der Waals surface area (Å²) in [6.07, 6.45) is 17.7. The van der Waals surface area contributed by atoms with Crippen LogP contribution in [0, 0.1) is 11.3 Å². The van der Waals surface area contributed by atoms with Crippen LogP contribution in [0.5, 0.6) is 0 Å². The van der Waals surface area contributed by atoms with Crippen molar-refractivity contribution in [2.45, 2.75) is 102 Å². The zero-order valence-electron chi connectivity index (χ0n) is 26.1. The van der Waals surface area contributed by atoms with Gasteiger partial charge < -0.3 is 15.5 Å². The molecule has 2 aromatic heterocycles. The summed E-state index contributed by atoms with van der Waals surface area (Å²) in [6.45, 7) is 2.43. The number of amides is 2. The molecule has 1 saturated heterocycles. The van der Waals surface area contributed by atoms with Crippen molar-refractivity contribution in [1.82, 2.24) is 35.3 Å². The highest BCUT2D eigenvalue weighted by atomic mass is 35.5. The fourth-order valence-corrected chi connectivity index (χ4v) is 8.09. The molecule has 1 aliphatic heterocycles. The minimum absolute atomic E-state index is 0.114. The topological polar surface area (TPSA) is 105 Å². The van der Waals surface area contributed by atoms with E-state index in [1.165, 1.54) is 32.1 Å². The first-order chi connectivity index (χ1) is 22.0. The van der Waals surface area contributed by atoms with Crippen LogP contribution in [0.15, 0.2) is 61.3 Å². The third kappa shape index (κ3) is 8.11. The van der Waals surface area contributed by atoms with Crippen LogP contribution in [0.2, 0.25) is 5.02 Å². The van der Waals surface area contributed by atoms with Crippen molar-refractivity contribution in [3.8, 4) is 0 Å². The number of hydrogen-bond acceptors (Lipinski definition) is 6. The summed E-state index contributed by atoms with van der Waals surface area (Å²) in [4.78, 5) is 37.4. The van der Waals surface area contributed by atoms with E-state index >= 15 is 0 Å². The summed E-state index contributed by atoms with van der Waals surface area (Å²) in [6, 6.07) is 13.2. The van der Waals surface area contributed by atoms with E-state index in [1.807, 2.05) is 47.4 Å². The van der Waals surface area contributed by atoms with Gasteiger partial charge in [-0.1, -0.05) is 49.1 Å². The Balaban J connectivity index is 1.10. The van der Waals surface area contributed by atoms with Gasteiger partial charge in [-0.2, -0.15) is 5.10 Å². The van der Waals surface area contributed by atoms with Gasteiger partial charge in [-0.3, -0.25) is 19.3 Å². The number of benzene rings is 1. The van der Waals surface area contributed by atoms with E-state index in [2.05, 4.69) is 30.6 Å². The predicted octanol–water partition coefficient (Wildman–Crippen LogP) is 5.46. The molecule has 3 aliphatic rings. The molecule has 2 saturated carbocycles. The Bertz CT molecular complexity index is 1360. The smallest absolute Gasteiger partial charge is 0.270 e. The number of piperidine rings is 1. The lowest BCUT2D eigenvalue weighted by atomic mass is 9.63.